The van der Waals surface area contributed by atoms with Crippen LogP contribution < -0.4 is 5.32 Å². The number of fused-ring (bicyclic) bond motifs is 1. The zero-order chi connectivity index (χ0) is 19.0. The molecule has 1 saturated heterocycles. The van der Waals surface area contributed by atoms with Gasteiger partial charge in [0.15, 0.2) is 5.15 Å². The number of halogens is 2. The monoisotopic (exact) mass is 407 g/mol. The van der Waals surface area contributed by atoms with E-state index in [2.05, 4.69) is 39.1 Å². The van der Waals surface area contributed by atoms with Gasteiger partial charge in [0.05, 0.1) is 28.3 Å². The number of hydrogen-bond donors (Lipinski definition) is 1. The fraction of sp³-hybridized carbons (Fsp3) is 0.500. The summed E-state index contributed by atoms with van der Waals surface area (Å²) in [5.74, 6) is 0.481. The summed E-state index contributed by atoms with van der Waals surface area (Å²) in [5, 5.41) is 9.63. The van der Waals surface area contributed by atoms with Crippen LogP contribution in [0, 0.1) is 0 Å². The van der Waals surface area contributed by atoms with Gasteiger partial charge in [-0.15, -0.1) is 0 Å². The molecule has 1 N–H and O–H groups in total. The molecule has 4 heterocycles. The van der Waals surface area contributed by atoms with Crippen molar-refractivity contribution in [2.24, 2.45) is 0 Å². The Morgan fingerprint density at radius 3 is 2.63 bits per heavy atom. The van der Waals surface area contributed by atoms with E-state index in [1.54, 1.807) is 6.20 Å². The summed E-state index contributed by atoms with van der Waals surface area (Å²) < 4.78 is 3.97. The molecule has 0 atom stereocenters. The van der Waals surface area contributed by atoms with Crippen LogP contribution in [0.4, 0.5) is 11.6 Å². The molecule has 4 rings (SSSR count). The third-order valence-corrected chi connectivity index (χ3v) is 5.80. The van der Waals surface area contributed by atoms with Crippen molar-refractivity contribution in [2.75, 3.05) is 25.0 Å². The van der Waals surface area contributed by atoms with Crippen LogP contribution in [-0.4, -0.2) is 48.8 Å². The molecular weight excluding hydrogens is 385 g/mol. The van der Waals surface area contributed by atoms with E-state index in [0.717, 1.165) is 55.7 Å². The molecule has 7 nitrogen and oxygen atoms in total. The number of nitrogens with zero attached hydrogens (tertiary/aromatic N) is 6. The standard InChI is InChI=1S/C18H23Cl2N7/c1-3-25-7-5-12(6-8-25)27-11-15(16(20)24-27)22-18-21-9-13-14(19)10-26(4-2)17(13)23-18/h9-12H,3-8H2,1-2H3,(H,21,22,23). The van der Waals surface area contributed by atoms with Gasteiger partial charge in [0.25, 0.3) is 0 Å². The van der Waals surface area contributed by atoms with Crippen molar-refractivity contribution >= 4 is 45.9 Å². The third kappa shape index (κ3) is 3.63. The lowest BCUT2D eigenvalue weighted by Crippen LogP contribution is -2.34. The molecule has 0 radical (unpaired) electrons. The van der Waals surface area contributed by atoms with E-state index in [9.17, 15) is 0 Å². The highest BCUT2D eigenvalue weighted by atomic mass is 35.5. The van der Waals surface area contributed by atoms with Crippen molar-refractivity contribution in [3.63, 3.8) is 0 Å². The summed E-state index contributed by atoms with van der Waals surface area (Å²) in [7, 11) is 0. The zero-order valence-electron chi connectivity index (χ0n) is 15.5. The summed E-state index contributed by atoms with van der Waals surface area (Å²) in [5.41, 5.74) is 1.52. The maximum absolute atomic E-state index is 6.36. The Morgan fingerprint density at radius 2 is 1.93 bits per heavy atom. The Labute approximate surface area is 168 Å². The quantitative estimate of drug-likeness (QED) is 0.680. The van der Waals surface area contributed by atoms with Gasteiger partial charge < -0.3 is 14.8 Å². The molecular formula is C18H23Cl2N7. The molecule has 3 aromatic heterocycles. The van der Waals surface area contributed by atoms with E-state index in [4.69, 9.17) is 23.2 Å². The fourth-order valence-electron chi connectivity index (χ4n) is 3.59. The van der Waals surface area contributed by atoms with E-state index in [-0.39, 0.29) is 0 Å². The second kappa shape index (κ2) is 7.66. The molecule has 144 valence electrons. The molecule has 27 heavy (non-hydrogen) atoms. The van der Waals surface area contributed by atoms with E-state index < -0.39 is 0 Å². The molecule has 1 fully saturated rings. The number of piperidine rings is 1. The van der Waals surface area contributed by atoms with Crippen LogP contribution in [0.25, 0.3) is 11.0 Å². The van der Waals surface area contributed by atoms with Gasteiger partial charge in [0.2, 0.25) is 5.95 Å². The molecule has 0 bridgehead atoms. The first kappa shape index (κ1) is 18.5. The van der Waals surface area contributed by atoms with Gasteiger partial charge in [-0.25, -0.2) is 4.98 Å². The van der Waals surface area contributed by atoms with Crippen molar-refractivity contribution in [3.05, 3.63) is 28.8 Å². The minimum Gasteiger partial charge on any atom is -0.331 e. The number of anilines is 2. The average molecular weight is 408 g/mol. The minimum atomic E-state index is 0.375. The molecule has 0 amide bonds. The number of aryl methyl sites for hydroxylation is 1. The van der Waals surface area contributed by atoms with Gasteiger partial charge >= 0.3 is 0 Å². The molecule has 0 unspecified atom stereocenters. The summed E-state index contributed by atoms with van der Waals surface area (Å²) >= 11 is 12.6. The van der Waals surface area contributed by atoms with Crippen molar-refractivity contribution < 1.29 is 0 Å². The van der Waals surface area contributed by atoms with Gasteiger partial charge in [0, 0.05) is 32.0 Å². The summed E-state index contributed by atoms with van der Waals surface area (Å²) in [6.45, 7) is 8.32. The van der Waals surface area contributed by atoms with Crippen molar-refractivity contribution in [1.29, 1.82) is 0 Å². The van der Waals surface area contributed by atoms with Crippen LogP contribution in [0.2, 0.25) is 10.2 Å². The SMILES string of the molecule is CCN1CCC(n2cc(Nc3ncc4c(Cl)cn(CC)c4n3)c(Cl)n2)CC1. The largest absolute Gasteiger partial charge is 0.331 e. The molecule has 0 aliphatic carbocycles. The third-order valence-electron chi connectivity index (χ3n) is 5.22. The normalized spacial score (nSPS) is 16.3. The van der Waals surface area contributed by atoms with Gasteiger partial charge in [-0.2, -0.15) is 10.1 Å². The van der Waals surface area contributed by atoms with Gasteiger partial charge in [-0.05, 0) is 26.3 Å². The lowest BCUT2D eigenvalue weighted by Gasteiger charge is -2.30. The van der Waals surface area contributed by atoms with Crippen LogP contribution in [0.15, 0.2) is 18.6 Å². The lowest BCUT2D eigenvalue weighted by molar-refractivity contribution is 0.187. The number of aromatic nitrogens is 5. The van der Waals surface area contributed by atoms with E-state index in [1.165, 1.54) is 0 Å². The smallest absolute Gasteiger partial charge is 0.229 e. The summed E-state index contributed by atoms with van der Waals surface area (Å²) in [6.07, 6.45) is 7.72. The number of rotatable bonds is 5. The first-order valence-electron chi connectivity index (χ1n) is 9.34. The van der Waals surface area contributed by atoms with Gasteiger partial charge in [0.1, 0.15) is 5.65 Å². The molecule has 0 saturated carbocycles. The predicted molar refractivity (Wildman–Crippen MR) is 109 cm³/mol. The highest BCUT2D eigenvalue weighted by molar-refractivity contribution is 6.35. The van der Waals surface area contributed by atoms with E-state index in [0.29, 0.717) is 22.2 Å². The maximum Gasteiger partial charge on any atom is 0.229 e. The van der Waals surface area contributed by atoms with Crippen LogP contribution >= 0.6 is 23.2 Å². The van der Waals surface area contributed by atoms with Crippen molar-refractivity contribution in [1.82, 2.24) is 29.2 Å². The number of hydrogen-bond acceptors (Lipinski definition) is 5. The predicted octanol–water partition coefficient (Wildman–Crippen LogP) is 4.35. The zero-order valence-corrected chi connectivity index (χ0v) is 17.0. The first-order valence-corrected chi connectivity index (χ1v) is 10.1. The Morgan fingerprint density at radius 1 is 1.15 bits per heavy atom. The Balaban J connectivity index is 1.55. The topological polar surface area (TPSA) is 63.8 Å². The lowest BCUT2D eigenvalue weighted by atomic mass is 10.1. The molecule has 0 spiro atoms. The Bertz CT molecular complexity index is 941. The molecule has 9 heteroatoms. The Kier molecular flexibility index (Phi) is 5.25. The van der Waals surface area contributed by atoms with Crippen LogP contribution in [0.1, 0.15) is 32.7 Å². The van der Waals surface area contributed by atoms with Crippen LogP contribution in [0.3, 0.4) is 0 Å². The molecule has 0 aromatic carbocycles. The average Bonchev–Trinajstić information content (AvgIpc) is 3.21. The van der Waals surface area contributed by atoms with E-state index in [1.807, 2.05) is 21.6 Å². The summed E-state index contributed by atoms with van der Waals surface area (Å²) in [6, 6.07) is 0.375. The molecule has 1 aliphatic rings. The highest BCUT2D eigenvalue weighted by Crippen LogP contribution is 2.30. The number of likely N-dealkylation sites (tertiary alicyclic amines) is 1. The van der Waals surface area contributed by atoms with E-state index >= 15 is 0 Å². The van der Waals surface area contributed by atoms with Crippen LogP contribution in [-0.2, 0) is 6.54 Å². The minimum absolute atomic E-state index is 0.375. The van der Waals surface area contributed by atoms with Crippen LogP contribution in [0.5, 0.6) is 0 Å². The van der Waals surface area contributed by atoms with Crippen molar-refractivity contribution in [2.45, 2.75) is 39.3 Å². The first-order chi connectivity index (χ1) is 13.1. The van der Waals surface area contributed by atoms with Gasteiger partial charge in [-0.3, -0.25) is 4.68 Å². The Hall–Kier alpha value is -1.83. The molecule has 1 aliphatic heterocycles. The highest BCUT2D eigenvalue weighted by Gasteiger charge is 2.22. The number of nitrogens with one attached hydrogen (secondary N) is 1. The second-order valence-electron chi connectivity index (χ2n) is 6.80. The van der Waals surface area contributed by atoms with Crippen molar-refractivity contribution in [3.8, 4) is 0 Å². The summed E-state index contributed by atoms with van der Waals surface area (Å²) in [4.78, 5) is 11.4. The fourth-order valence-corrected chi connectivity index (χ4v) is 4.02. The molecule has 3 aromatic rings. The van der Waals surface area contributed by atoms with Gasteiger partial charge in [-0.1, -0.05) is 30.1 Å². The second-order valence-corrected chi connectivity index (χ2v) is 7.56. The maximum atomic E-state index is 6.36.